The minimum absolute atomic E-state index is 0.217. The van der Waals surface area contributed by atoms with Crippen molar-refractivity contribution in [3.05, 3.63) is 0 Å². The summed E-state index contributed by atoms with van der Waals surface area (Å²) in [5, 5.41) is 3.67. The summed E-state index contributed by atoms with van der Waals surface area (Å²) in [5.41, 5.74) is 0.217. The maximum Gasteiger partial charge on any atom is 0.0406 e. The largest absolute Gasteiger partial charge is 0.309 e. The first kappa shape index (κ1) is 13.3. The van der Waals surface area contributed by atoms with Gasteiger partial charge < -0.3 is 10.2 Å². The summed E-state index contributed by atoms with van der Waals surface area (Å²) in [6, 6.07) is 0. The second-order valence-electron chi connectivity index (χ2n) is 5.35. The first-order valence-corrected chi connectivity index (χ1v) is 6.57. The molecule has 1 rings (SSSR count). The van der Waals surface area contributed by atoms with Crippen molar-refractivity contribution >= 4 is 11.6 Å². The normalized spacial score (nSPS) is 32.2. The molecule has 3 heteroatoms. The topological polar surface area (TPSA) is 15.3 Å². The van der Waals surface area contributed by atoms with Crippen LogP contribution in [0.2, 0.25) is 0 Å². The Morgan fingerprint density at radius 2 is 2.20 bits per heavy atom. The summed E-state index contributed by atoms with van der Waals surface area (Å²) in [5.74, 6) is 1.58. The fraction of sp³-hybridized carbons (Fsp3) is 1.00. The highest BCUT2D eigenvalue weighted by atomic mass is 35.5. The van der Waals surface area contributed by atoms with E-state index in [1.807, 2.05) is 0 Å². The third-order valence-corrected chi connectivity index (χ3v) is 3.92. The van der Waals surface area contributed by atoms with Gasteiger partial charge in [0.15, 0.2) is 0 Å². The Hall–Kier alpha value is 0.210. The predicted octanol–water partition coefficient (Wildman–Crippen LogP) is 2.33. The molecule has 0 aromatic carbocycles. The van der Waals surface area contributed by atoms with Gasteiger partial charge in [0.05, 0.1) is 0 Å². The zero-order valence-electron chi connectivity index (χ0n) is 10.4. The molecule has 90 valence electrons. The van der Waals surface area contributed by atoms with Crippen molar-refractivity contribution in [2.45, 2.75) is 38.1 Å². The Kier molecular flexibility index (Phi) is 5.37. The van der Waals surface area contributed by atoms with Crippen LogP contribution in [0.4, 0.5) is 0 Å². The Bertz CT molecular complexity index is 184. The molecule has 1 aliphatic carbocycles. The molecule has 2 nitrogen and oxygen atoms in total. The van der Waals surface area contributed by atoms with Gasteiger partial charge >= 0.3 is 0 Å². The maximum atomic E-state index is 6.14. The van der Waals surface area contributed by atoms with Crippen LogP contribution in [0.15, 0.2) is 0 Å². The summed E-state index contributed by atoms with van der Waals surface area (Å²) in [6.45, 7) is 4.48. The van der Waals surface area contributed by atoms with Gasteiger partial charge in [-0.1, -0.05) is 19.8 Å². The van der Waals surface area contributed by atoms with Crippen LogP contribution < -0.4 is 5.32 Å². The zero-order valence-corrected chi connectivity index (χ0v) is 11.1. The first-order valence-electron chi connectivity index (χ1n) is 6.04. The lowest BCUT2D eigenvalue weighted by Crippen LogP contribution is -2.51. The maximum absolute atomic E-state index is 6.14. The molecular weight excluding hydrogens is 208 g/mol. The molecule has 1 saturated carbocycles. The molecular formula is C12H25ClN2. The van der Waals surface area contributed by atoms with E-state index in [-0.39, 0.29) is 5.54 Å². The van der Waals surface area contributed by atoms with E-state index in [1.54, 1.807) is 0 Å². The van der Waals surface area contributed by atoms with Crippen LogP contribution in [0, 0.1) is 5.92 Å². The van der Waals surface area contributed by atoms with E-state index in [0.717, 1.165) is 24.9 Å². The fourth-order valence-electron chi connectivity index (χ4n) is 2.53. The van der Waals surface area contributed by atoms with Crippen LogP contribution in [0.3, 0.4) is 0 Å². The molecule has 0 amide bonds. The number of nitrogens with one attached hydrogen (secondary N) is 1. The Labute approximate surface area is 99.4 Å². The molecule has 0 heterocycles. The summed E-state index contributed by atoms with van der Waals surface area (Å²) in [4.78, 5) is 2.21. The number of nitrogens with zero attached hydrogens (tertiary/aromatic N) is 1. The number of rotatable bonds is 5. The van der Waals surface area contributed by atoms with Crippen molar-refractivity contribution in [3.8, 4) is 0 Å². The second kappa shape index (κ2) is 6.07. The Morgan fingerprint density at radius 1 is 1.47 bits per heavy atom. The smallest absolute Gasteiger partial charge is 0.0406 e. The van der Waals surface area contributed by atoms with Gasteiger partial charge in [-0.15, -0.1) is 11.6 Å². The highest BCUT2D eigenvalue weighted by Gasteiger charge is 2.33. The molecule has 0 aromatic rings. The molecule has 0 aromatic heterocycles. The zero-order chi connectivity index (χ0) is 11.3. The molecule has 15 heavy (non-hydrogen) atoms. The number of halogens is 1. The van der Waals surface area contributed by atoms with Gasteiger partial charge in [0.25, 0.3) is 0 Å². The third kappa shape index (κ3) is 4.29. The first-order chi connectivity index (χ1) is 7.08. The Balaban J connectivity index is 2.38. The van der Waals surface area contributed by atoms with Gasteiger partial charge in [0.1, 0.15) is 0 Å². The monoisotopic (exact) mass is 232 g/mol. The molecule has 0 bridgehead atoms. The van der Waals surface area contributed by atoms with Crippen LogP contribution in [-0.4, -0.2) is 43.5 Å². The van der Waals surface area contributed by atoms with Crippen molar-refractivity contribution in [1.82, 2.24) is 10.2 Å². The SMILES string of the molecule is CC1CCCC(CCl)(NCCN(C)C)C1. The highest BCUT2D eigenvalue weighted by Crippen LogP contribution is 2.32. The average molecular weight is 233 g/mol. The quantitative estimate of drug-likeness (QED) is 0.732. The van der Waals surface area contributed by atoms with Gasteiger partial charge in [0.2, 0.25) is 0 Å². The molecule has 2 unspecified atom stereocenters. The van der Waals surface area contributed by atoms with E-state index in [4.69, 9.17) is 11.6 Å². The van der Waals surface area contributed by atoms with Gasteiger partial charge in [-0.3, -0.25) is 0 Å². The van der Waals surface area contributed by atoms with E-state index in [0.29, 0.717) is 0 Å². The molecule has 0 aliphatic heterocycles. The van der Waals surface area contributed by atoms with Crippen molar-refractivity contribution in [2.24, 2.45) is 5.92 Å². The van der Waals surface area contributed by atoms with E-state index in [1.165, 1.54) is 25.7 Å². The minimum Gasteiger partial charge on any atom is -0.309 e. The summed E-state index contributed by atoms with van der Waals surface area (Å²) in [7, 11) is 4.22. The van der Waals surface area contributed by atoms with Gasteiger partial charge in [-0.05, 0) is 32.9 Å². The van der Waals surface area contributed by atoms with Crippen molar-refractivity contribution in [2.75, 3.05) is 33.1 Å². The standard InChI is InChI=1S/C12H25ClN2/c1-11-5-4-6-12(9-11,10-13)14-7-8-15(2)3/h11,14H,4-10H2,1-3H3. The Morgan fingerprint density at radius 3 is 2.73 bits per heavy atom. The van der Waals surface area contributed by atoms with Gasteiger partial charge in [0, 0.05) is 24.5 Å². The number of hydrogen-bond acceptors (Lipinski definition) is 2. The van der Waals surface area contributed by atoms with Crippen molar-refractivity contribution in [1.29, 1.82) is 0 Å². The van der Waals surface area contributed by atoms with E-state index >= 15 is 0 Å². The van der Waals surface area contributed by atoms with Crippen LogP contribution >= 0.6 is 11.6 Å². The van der Waals surface area contributed by atoms with Crippen LogP contribution in [0.5, 0.6) is 0 Å². The summed E-state index contributed by atoms with van der Waals surface area (Å²) < 4.78 is 0. The molecule has 0 saturated heterocycles. The van der Waals surface area contributed by atoms with E-state index in [9.17, 15) is 0 Å². The highest BCUT2D eigenvalue weighted by molar-refractivity contribution is 6.18. The van der Waals surface area contributed by atoms with Crippen molar-refractivity contribution in [3.63, 3.8) is 0 Å². The van der Waals surface area contributed by atoms with Gasteiger partial charge in [-0.25, -0.2) is 0 Å². The minimum atomic E-state index is 0.217. The van der Waals surface area contributed by atoms with Crippen LogP contribution in [0.25, 0.3) is 0 Å². The number of likely N-dealkylation sites (N-methyl/N-ethyl adjacent to an activating group) is 1. The summed E-state index contributed by atoms with van der Waals surface area (Å²) >= 11 is 6.14. The van der Waals surface area contributed by atoms with Gasteiger partial charge in [-0.2, -0.15) is 0 Å². The molecule has 1 fully saturated rings. The predicted molar refractivity (Wildman–Crippen MR) is 67.6 cm³/mol. The molecule has 2 atom stereocenters. The number of alkyl halides is 1. The van der Waals surface area contributed by atoms with Crippen molar-refractivity contribution < 1.29 is 0 Å². The second-order valence-corrected chi connectivity index (χ2v) is 5.61. The summed E-state index contributed by atoms with van der Waals surface area (Å²) in [6.07, 6.45) is 5.18. The molecule has 1 aliphatic rings. The third-order valence-electron chi connectivity index (χ3n) is 3.41. The molecule has 0 spiro atoms. The number of hydrogen-bond donors (Lipinski definition) is 1. The van der Waals surface area contributed by atoms with Crippen LogP contribution in [0.1, 0.15) is 32.6 Å². The lowest BCUT2D eigenvalue weighted by molar-refractivity contribution is 0.204. The van der Waals surface area contributed by atoms with E-state index < -0.39 is 0 Å². The fourth-order valence-corrected chi connectivity index (χ4v) is 2.87. The van der Waals surface area contributed by atoms with Crippen LogP contribution in [-0.2, 0) is 0 Å². The average Bonchev–Trinajstić information content (AvgIpc) is 2.17. The molecule has 0 radical (unpaired) electrons. The lowest BCUT2D eigenvalue weighted by atomic mass is 9.77. The molecule has 1 N–H and O–H groups in total. The lowest BCUT2D eigenvalue weighted by Gasteiger charge is -2.40. The van der Waals surface area contributed by atoms with E-state index in [2.05, 4.69) is 31.2 Å².